The number of carboxylic acids is 1. The summed E-state index contributed by atoms with van der Waals surface area (Å²) in [6.07, 6.45) is 7.08. The van der Waals surface area contributed by atoms with E-state index < -0.39 is 11.9 Å². The molecular formula is C13H21N2O2Pt+. The number of carboxylic acid groups (broad SMARTS) is 1. The molecule has 2 rings (SSSR count). The molecule has 0 radical (unpaired) electrons. The molecule has 0 saturated carbocycles. The Morgan fingerprint density at radius 3 is 2.50 bits per heavy atom. The Kier molecular flexibility index (Phi) is 8.37. The minimum absolute atomic E-state index is 0. The molecule has 1 unspecified atom stereocenters. The smallest absolute Gasteiger partial charge is 0.483 e. The van der Waals surface area contributed by atoms with Gasteiger partial charge in [-0.3, -0.25) is 4.79 Å². The van der Waals surface area contributed by atoms with E-state index >= 15 is 0 Å². The maximum absolute atomic E-state index is 9.64. The van der Waals surface area contributed by atoms with Gasteiger partial charge in [-0.2, -0.15) is 6.42 Å². The van der Waals surface area contributed by atoms with Crippen molar-refractivity contribution in [3.05, 3.63) is 25.4 Å². The minimum atomic E-state index is -0.852. The summed E-state index contributed by atoms with van der Waals surface area (Å²) in [6, 6.07) is 0. The number of rotatable bonds is 2. The molecule has 5 heteroatoms. The molecule has 104 valence electrons. The standard InChI is InChI=1S/C9H14N2.C4H7O2.Pt/c1-10-6-7-11(8-10)9-4-2-3-5-9;1-3(2)4(5)6;/h8H,2-4,6-7H2,1H3;3H,1H2,2H3,(H,5,6);/q;-1;+2. The molecule has 1 atom stereocenters. The summed E-state index contributed by atoms with van der Waals surface area (Å²) in [5, 5.41) is 7.93. The van der Waals surface area contributed by atoms with E-state index in [9.17, 15) is 4.79 Å². The van der Waals surface area contributed by atoms with Crippen molar-refractivity contribution in [2.75, 3.05) is 20.1 Å². The molecule has 1 aliphatic carbocycles. The van der Waals surface area contributed by atoms with E-state index in [-0.39, 0.29) is 21.1 Å². The summed E-state index contributed by atoms with van der Waals surface area (Å²) >= 11 is 0. The second-order valence-electron chi connectivity index (χ2n) is 4.51. The summed E-state index contributed by atoms with van der Waals surface area (Å²) in [5.41, 5.74) is 1.41. The fraction of sp³-hybridized carbons (Fsp3) is 0.615. The van der Waals surface area contributed by atoms with Crippen molar-refractivity contribution in [3.63, 3.8) is 0 Å². The van der Waals surface area contributed by atoms with Crippen molar-refractivity contribution in [2.45, 2.75) is 26.2 Å². The van der Waals surface area contributed by atoms with E-state index in [1.807, 2.05) is 0 Å². The second-order valence-corrected chi connectivity index (χ2v) is 4.51. The average molecular weight is 432 g/mol. The van der Waals surface area contributed by atoms with Crippen LogP contribution in [-0.2, 0) is 25.9 Å². The van der Waals surface area contributed by atoms with Gasteiger partial charge in [0.15, 0.2) is 0 Å². The largest absolute Gasteiger partial charge is 2.00 e. The van der Waals surface area contributed by atoms with Crippen LogP contribution in [0.4, 0.5) is 0 Å². The topological polar surface area (TPSA) is 43.8 Å². The summed E-state index contributed by atoms with van der Waals surface area (Å²) in [5.74, 6) is -1.33. The maximum atomic E-state index is 9.64. The predicted molar refractivity (Wildman–Crippen MR) is 66.4 cm³/mol. The molecule has 0 aromatic rings. The van der Waals surface area contributed by atoms with Gasteiger partial charge in [0, 0.05) is 7.05 Å². The number of likely N-dealkylation sites (N-methyl/N-ethyl adjacent to an activating group) is 1. The van der Waals surface area contributed by atoms with Gasteiger partial charge in [0.1, 0.15) is 0 Å². The Labute approximate surface area is 124 Å². The molecule has 1 N–H and O–H groups in total. The van der Waals surface area contributed by atoms with Gasteiger partial charge >= 0.3 is 21.1 Å². The van der Waals surface area contributed by atoms with E-state index in [0.29, 0.717) is 0 Å². The van der Waals surface area contributed by atoms with Crippen LogP contribution in [0.3, 0.4) is 0 Å². The molecule has 1 aliphatic heterocycles. The monoisotopic (exact) mass is 432 g/mol. The zero-order chi connectivity index (χ0) is 12.8. The quantitative estimate of drug-likeness (QED) is 0.676. The molecule has 2 aliphatic rings. The van der Waals surface area contributed by atoms with E-state index in [4.69, 9.17) is 5.11 Å². The van der Waals surface area contributed by atoms with E-state index in [0.717, 1.165) is 19.5 Å². The maximum Gasteiger partial charge on any atom is 2.00 e. The second kappa shape index (κ2) is 8.60. The first-order valence-corrected chi connectivity index (χ1v) is 5.98. The Hall–Kier alpha value is -0.472. The zero-order valence-corrected chi connectivity index (χ0v) is 13.2. The van der Waals surface area contributed by atoms with Crippen LogP contribution in [0, 0.1) is 25.6 Å². The fourth-order valence-electron chi connectivity index (χ4n) is 1.65. The summed E-state index contributed by atoms with van der Waals surface area (Å²) in [7, 11) is 2.12. The van der Waals surface area contributed by atoms with Crippen LogP contribution in [0.2, 0.25) is 0 Å². The van der Waals surface area contributed by atoms with Crippen LogP contribution in [-0.4, -0.2) is 41.0 Å². The Bertz CT molecular complexity index is 293. The Balaban J connectivity index is 0.000000362. The average Bonchev–Trinajstić information content (AvgIpc) is 2.88. The molecule has 1 fully saturated rings. The Morgan fingerprint density at radius 2 is 2.17 bits per heavy atom. The molecule has 1 saturated heterocycles. The summed E-state index contributed by atoms with van der Waals surface area (Å²) < 4.78 is 0. The molecule has 4 nitrogen and oxygen atoms in total. The van der Waals surface area contributed by atoms with E-state index in [2.05, 4.69) is 36.5 Å². The molecule has 0 bridgehead atoms. The van der Waals surface area contributed by atoms with Gasteiger partial charge in [0.25, 0.3) is 12.6 Å². The normalized spacial score (nSPS) is 20.2. The molecular weight excluding hydrogens is 411 g/mol. The van der Waals surface area contributed by atoms with Crippen LogP contribution in [0.15, 0.2) is 5.70 Å². The van der Waals surface area contributed by atoms with Crippen molar-refractivity contribution in [1.29, 1.82) is 0 Å². The summed E-state index contributed by atoms with van der Waals surface area (Å²) in [4.78, 5) is 14.2. The van der Waals surface area contributed by atoms with Crippen LogP contribution < -0.4 is 0 Å². The number of hydrogen-bond donors (Lipinski definition) is 1. The van der Waals surface area contributed by atoms with Gasteiger partial charge < -0.3 is 18.1 Å². The van der Waals surface area contributed by atoms with Gasteiger partial charge in [-0.15, -0.1) is 10.6 Å². The van der Waals surface area contributed by atoms with Crippen molar-refractivity contribution in [1.82, 2.24) is 9.80 Å². The van der Waals surface area contributed by atoms with Gasteiger partial charge in [0.05, 0.1) is 13.1 Å². The Morgan fingerprint density at radius 1 is 1.56 bits per heavy atom. The summed E-state index contributed by atoms with van der Waals surface area (Å²) in [6.45, 7) is 9.27. The number of aliphatic carboxylic acids is 1. The number of nitrogens with zero attached hydrogens (tertiary/aromatic N) is 2. The molecule has 0 aromatic heterocycles. The van der Waals surface area contributed by atoms with Gasteiger partial charge in [0.2, 0.25) is 0 Å². The van der Waals surface area contributed by atoms with E-state index in [1.165, 1.54) is 25.5 Å². The van der Waals surface area contributed by atoms with Crippen LogP contribution in [0.1, 0.15) is 26.2 Å². The van der Waals surface area contributed by atoms with Crippen molar-refractivity contribution >= 4 is 5.97 Å². The van der Waals surface area contributed by atoms with Crippen LogP contribution >= 0.6 is 0 Å². The molecule has 0 aromatic carbocycles. The van der Waals surface area contributed by atoms with Crippen molar-refractivity contribution in [3.8, 4) is 0 Å². The van der Waals surface area contributed by atoms with Crippen LogP contribution in [0.25, 0.3) is 0 Å². The van der Waals surface area contributed by atoms with Crippen molar-refractivity contribution < 1.29 is 31.0 Å². The molecule has 18 heavy (non-hydrogen) atoms. The van der Waals surface area contributed by atoms with Crippen LogP contribution in [0.5, 0.6) is 0 Å². The third kappa shape index (κ3) is 5.92. The first-order valence-electron chi connectivity index (χ1n) is 5.98. The number of allylic oxidation sites excluding steroid dienone is 2. The third-order valence-electron chi connectivity index (χ3n) is 2.72. The SMILES string of the molecule is CN1[CH+]N(C2=[C-]CCC2)CC1.[CH2-]C(C)C(=O)O.[Pt+2]. The molecule has 1 heterocycles. The molecule has 0 amide bonds. The molecule has 0 spiro atoms. The van der Waals surface area contributed by atoms with Crippen molar-refractivity contribution in [2.24, 2.45) is 5.92 Å². The van der Waals surface area contributed by atoms with E-state index in [1.54, 1.807) is 0 Å². The number of carbonyl (C=O) groups is 1. The third-order valence-corrected chi connectivity index (χ3v) is 2.72. The first kappa shape index (κ1) is 17.5. The minimum Gasteiger partial charge on any atom is -0.483 e. The van der Waals surface area contributed by atoms with Gasteiger partial charge in [-0.25, -0.2) is 4.90 Å². The first-order chi connectivity index (χ1) is 8.00. The fourth-order valence-corrected chi connectivity index (χ4v) is 1.65. The predicted octanol–water partition coefficient (Wildman–Crippen LogP) is 1.76. The zero-order valence-electron chi connectivity index (χ0n) is 11.0. The number of hydrogen-bond acceptors (Lipinski definition) is 3. The van der Waals surface area contributed by atoms with Gasteiger partial charge in [-0.05, 0) is 6.42 Å². The van der Waals surface area contributed by atoms with Gasteiger partial charge in [-0.1, -0.05) is 19.3 Å².